The Kier molecular flexibility index (Phi) is 2.72. The molecule has 1 nitrogen and oxygen atoms in total. The predicted octanol–water partition coefficient (Wildman–Crippen LogP) is 2.03. The molecule has 2 atom stereocenters. The van der Waals surface area contributed by atoms with Gasteiger partial charge in [0.25, 0.3) is 0 Å². The lowest BCUT2D eigenvalue weighted by molar-refractivity contribution is 0.262. The lowest BCUT2D eigenvalue weighted by atomic mass is 9.87. The molecule has 1 N–H and O–H groups in total. The van der Waals surface area contributed by atoms with E-state index >= 15 is 0 Å². The second kappa shape index (κ2) is 3.38. The molecule has 0 radical (unpaired) electrons. The van der Waals surface area contributed by atoms with Crippen molar-refractivity contribution in [3.05, 3.63) is 0 Å². The topological polar surface area (TPSA) is 12.0 Å². The highest BCUT2D eigenvalue weighted by Gasteiger charge is 2.19. The first-order valence-corrected chi connectivity index (χ1v) is 4.43. The zero-order chi connectivity index (χ0) is 7.56. The van der Waals surface area contributed by atoms with Gasteiger partial charge in [-0.3, -0.25) is 0 Å². The first kappa shape index (κ1) is 8.06. The second-order valence-corrected chi connectivity index (χ2v) is 3.89. The minimum absolute atomic E-state index is 0.759. The summed E-state index contributed by atoms with van der Waals surface area (Å²) in [6.07, 6.45) is 2.79. The van der Waals surface area contributed by atoms with Crippen LogP contribution in [0.15, 0.2) is 0 Å². The molecule has 0 unspecified atom stereocenters. The average Bonchev–Trinajstić information content (AvgIpc) is 1.88. The van der Waals surface area contributed by atoms with Gasteiger partial charge in [-0.1, -0.05) is 13.8 Å². The summed E-state index contributed by atoms with van der Waals surface area (Å²) in [6, 6.07) is 0.759. The maximum atomic E-state index is 3.51. The predicted molar refractivity (Wildman–Crippen MR) is 45.0 cm³/mol. The Bertz CT molecular complexity index is 90.9. The molecule has 0 aromatic heterocycles. The summed E-state index contributed by atoms with van der Waals surface area (Å²) in [5.41, 5.74) is 0. The molecule has 10 heavy (non-hydrogen) atoms. The van der Waals surface area contributed by atoms with Gasteiger partial charge in [0.05, 0.1) is 0 Å². The lowest BCUT2D eigenvalue weighted by Gasteiger charge is -2.30. The van der Waals surface area contributed by atoms with Crippen LogP contribution in [0.2, 0.25) is 0 Å². The highest BCUT2D eigenvalue weighted by Crippen LogP contribution is 2.20. The third kappa shape index (κ3) is 1.98. The van der Waals surface area contributed by atoms with Gasteiger partial charge in [0.15, 0.2) is 0 Å². The minimum Gasteiger partial charge on any atom is -0.314 e. The van der Waals surface area contributed by atoms with E-state index in [4.69, 9.17) is 0 Å². The maximum absolute atomic E-state index is 3.51. The molecule has 1 aliphatic heterocycles. The molecule has 1 fully saturated rings. The van der Waals surface area contributed by atoms with Crippen LogP contribution in [0.5, 0.6) is 0 Å². The molecular weight excluding hydrogens is 122 g/mol. The SMILES string of the molecule is CC(C)[C@H]1CC[C@H](C)NC1. The van der Waals surface area contributed by atoms with E-state index in [1.807, 2.05) is 0 Å². The van der Waals surface area contributed by atoms with Crippen LogP contribution in [-0.2, 0) is 0 Å². The zero-order valence-corrected chi connectivity index (χ0v) is 7.35. The first-order valence-electron chi connectivity index (χ1n) is 4.43. The van der Waals surface area contributed by atoms with Crippen LogP contribution < -0.4 is 5.32 Å². The molecular formula is C9H19N. The van der Waals surface area contributed by atoms with Crippen molar-refractivity contribution >= 4 is 0 Å². The summed E-state index contributed by atoms with van der Waals surface area (Å²) in [5.74, 6) is 1.79. The van der Waals surface area contributed by atoms with Gasteiger partial charge in [-0.05, 0) is 38.1 Å². The Balaban J connectivity index is 2.26. The minimum atomic E-state index is 0.759. The Morgan fingerprint density at radius 3 is 2.40 bits per heavy atom. The number of nitrogens with one attached hydrogen (secondary N) is 1. The average molecular weight is 141 g/mol. The van der Waals surface area contributed by atoms with Gasteiger partial charge in [0.1, 0.15) is 0 Å². The van der Waals surface area contributed by atoms with Gasteiger partial charge >= 0.3 is 0 Å². The molecule has 0 amide bonds. The summed E-state index contributed by atoms with van der Waals surface area (Å²) in [7, 11) is 0. The molecule has 1 heteroatoms. The number of hydrogen-bond acceptors (Lipinski definition) is 1. The number of hydrogen-bond donors (Lipinski definition) is 1. The molecule has 1 rings (SSSR count). The van der Waals surface area contributed by atoms with Gasteiger partial charge in [0.2, 0.25) is 0 Å². The van der Waals surface area contributed by atoms with Crippen LogP contribution in [0.3, 0.4) is 0 Å². The summed E-state index contributed by atoms with van der Waals surface area (Å²) in [5, 5.41) is 3.51. The molecule has 0 aromatic rings. The van der Waals surface area contributed by atoms with E-state index in [9.17, 15) is 0 Å². The lowest BCUT2D eigenvalue weighted by Crippen LogP contribution is -2.38. The quantitative estimate of drug-likeness (QED) is 0.589. The van der Waals surface area contributed by atoms with E-state index < -0.39 is 0 Å². The van der Waals surface area contributed by atoms with E-state index in [1.54, 1.807) is 0 Å². The van der Waals surface area contributed by atoms with Crippen molar-refractivity contribution in [1.82, 2.24) is 5.32 Å². The van der Waals surface area contributed by atoms with Gasteiger partial charge < -0.3 is 5.32 Å². The fraction of sp³-hybridized carbons (Fsp3) is 1.00. The van der Waals surface area contributed by atoms with Crippen LogP contribution in [0.4, 0.5) is 0 Å². The van der Waals surface area contributed by atoms with Crippen molar-refractivity contribution in [2.24, 2.45) is 11.8 Å². The molecule has 0 aromatic carbocycles. The van der Waals surface area contributed by atoms with Crippen molar-refractivity contribution in [1.29, 1.82) is 0 Å². The van der Waals surface area contributed by atoms with E-state index in [0.29, 0.717) is 0 Å². The zero-order valence-electron chi connectivity index (χ0n) is 7.35. The third-order valence-corrected chi connectivity index (χ3v) is 2.64. The Labute approximate surface area is 64.2 Å². The normalized spacial score (nSPS) is 34.8. The van der Waals surface area contributed by atoms with Crippen molar-refractivity contribution in [2.45, 2.75) is 39.7 Å². The number of rotatable bonds is 1. The molecule has 1 aliphatic rings. The van der Waals surface area contributed by atoms with E-state index in [2.05, 4.69) is 26.1 Å². The van der Waals surface area contributed by atoms with Crippen molar-refractivity contribution in [3.63, 3.8) is 0 Å². The standard InChI is InChI=1S/C9H19N/c1-7(2)9-5-4-8(3)10-6-9/h7-10H,4-6H2,1-3H3/t8-,9-/m0/s1. The highest BCUT2D eigenvalue weighted by atomic mass is 14.9. The van der Waals surface area contributed by atoms with Gasteiger partial charge in [0, 0.05) is 6.04 Å². The van der Waals surface area contributed by atoms with E-state index in [-0.39, 0.29) is 0 Å². The van der Waals surface area contributed by atoms with Gasteiger partial charge in [-0.2, -0.15) is 0 Å². The first-order chi connectivity index (χ1) is 4.70. The van der Waals surface area contributed by atoms with Gasteiger partial charge in [-0.15, -0.1) is 0 Å². The molecule has 0 spiro atoms. The Morgan fingerprint density at radius 2 is 2.00 bits per heavy atom. The van der Waals surface area contributed by atoms with Crippen LogP contribution in [0, 0.1) is 11.8 Å². The van der Waals surface area contributed by atoms with E-state index in [0.717, 1.165) is 17.9 Å². The summed E-state index contributed by atoms with van der Waals surface area (Å²) < 4.78 is 0. The third-order valence-electron chi connectivity index (χ3n) is 2.64. The van der Waals surface area contributed by atoms with Crippen LogP contribution >= 0.6 is 0 Å². The summed E-state index contributed by atoms with van der Waals surface area (Å²) in [4.78, 5) is 0. The van der Waals surface area contributed by atoms with Crippen LogP contribution in [0.25, 0.3) is 0 Å². The monoisotopic (exact) mass is 141 g/mol. The molecule has 0 bridgehead atoms. The molecule has 1 heterocycles. The molecule has 60 valence electrons. The highest BCUT2D eigenvalue weighted by molar-refractivity contribution is 4.76. The summed E-state index contributed by atoms with van der Waals surface area (Å²) in [6.45, 7) is 8.15. The maximum Gasteiger partial charge on any atom is 0.00389 e. The smallest absolute Gasteiger partial charge is 0.00389 e. The summed E-state index contributed by atoms with van der Waals surface area (Å²) >= 11 is 0. The van der Waals surface area contributed by atoms with Crippen LogP contribution in [-0.4, -0.2) is 12.6 Å². The molecule has 0 saturated carbocycles. The Hall–Kier alpha value is -0.0400. The van der Waals surface area contributed by atoms with Gasteiger partial charge in [-0.25, -0.2) is 0 Å². The van der Waals surface area contributed by atoms with Crippen LogP contribution in [0.1, 0.15) is 33.6 Å². The van der Waals surface area contributed by atoms with Crippen molar-refractivity contribution in [3.8, 4) is 0 Å². The van der Waals surface area contributed by atoms with Crippen molar-refractivity contribution in [2.75, 3.05) is 6.54 Å². The molecule has 1 saturated heterocycles. The molecule has 0 aliphatic carbocycles. The number of piperidine rings is 1. The fourth-order valence-corrected chi connectivity index (χ4v) is 1.59. The van der Waals surface area contributed by atoms with Crippen molar-refractivity contribution < 1.29 is 0 Å². The Morgan fingerprint density at radius 1 is 1.30 bits per heavy atom. The fourth-order valence-electron chi connectivity index (χ4n) is 1.59. The largest absolute Gasteiger partial charge is 0.314 e. The second-order valence-electron chi connectivity index (χ2n) is 3.89. The van der Waals surface area contributed by atoms with E-state index in [1.165, 1.54) is 19.4 Å².